The van der Waals surface area contributed by atoms with Crippen molar-refractivity contribution >= 4 is 30.2 Å². The first-order valence-corrected chi connectivity index (χ1v) is 8.20. The summed E-state index contributed by atoms with van der Waals surface area (Å²) in [5.41, 5.74) is 0.679. The highest BCUT2D eigenvalue weighted by Crippen LogP contribution is 2.23. The molecule has 1 aromatic heterocycles. The van der Waals surface area contributed by atoms with Crippen molar-refractivity contribution in [3.8, 4) is 0 Å². The summed E-state index contributed by atoms with van der Waals surface area (Å²) in [7, 11) is 3.05. The molecule has 0 unspecified atom stereocenters. The lowest BCUT2D eigenvalue weighted by Gasteiger charge is -2.19. The summed E-state index contributed by atoms with van der Waals surface area (Å²) in [5.74, 6) is 0.616. The number of ether oxygens (including phenoxy) is 1. The zero-order valence-electron chi connectivity index (χ0n) is 14.7. The Hall–Kier alpha value is -2.45. The zero-order valence-corrected chi connectivity index (χ0v) is 15.5. The maximum atomic E-state index is 12.5. The standard InChI is InChI=1S/C17H21N5O3.ClH/c1-22-17(19-14(21-22)11-6-8-18-9-7-11)20-15(23)12-4-3-5-13(10-12)16(24)25-2;/h3-5,10-11,18H,6-9H2,1-2H3,(H,19,20,21,23);1H. The molecule has 140 valence electrons. The molecule has 2 N–H and O–H groups in total. The molecule has 1 aliphatic rings. The maximum absolute atomic E-state index is 12.5. The molecule has 1 fully saturated rings. The number of rotatable bonds is 4. The molecule has 0 bridgehead atoms. The van der Waals surface area contributed by atoms with Crippen LogP contribution in [0.15, 0.2) is 24.3 Å². The van der Waals surface area contributed by atoms with Gasteiger partial charge in [0.25, 0.3) is 5.91 Å². The second kappa shape index (κ2) is 8.77. The number of hydrogen-bond donors (Lipinski definition) is 2. The van der Waals surface area contributed by atoms with Crippen molar-refractivity contribution in [2.24, 2.45) is 7.05 Å². The van der Waals surface area contributed by atoms with Gasteiger partial charge in [-0.25, -0.2) is 9.48 Å². The van der Waals surface area contributed by atoms with Crippen LogP contribution in [0.2, 0.25) is 0 Å². The number of nitrogens with zero attached hydrogens (tertiary/aromatic N) is 3. The highest BCUT2D eigenvalue weighted by molar-refractivity contribution is 6.04. The normalized spacial score (nSPS) is 14.4. The van der Waals surface area contributed by atoms with Crippen molar-refractivity contribution < 1.29 is 14.3 Å². The number of halogens is 1. The summed E-state index contributed by atoms with van der Waals surface area (Å²) in [4.78, 5) is 28.5. The number of piperidine rings is 1. The molecular formula is C17H22ClN5O3. The van der Waals surface area contributed by atoms with Crippen LogP contribution in [0, 0.1) is 0 Å². The largest absolute Gasteiger partial charge is 0.465 e. The Morgan fingerprint density at radius 1 is 1.27 bits per heavy atom. The monoisotopic (exact) mass is 379 g/mol. The smallest absolute Gasteiger partial charge is 0.337 e. The van der Waals surface area contributed by atoms with Gasteiger partial charge in [-0.05, 0) is 44.1 Å². The van der Waals surface area contributed by atoms with Gasteiger partial charge in [-0.1, -0.05) is 6.07 Å². The first-order valence-electron chi connectivity index (χ1n) is 8.20. The van der Waals surface area contributed by atoms with E-state index in [0.29, 0.717) is 23.0 Å². The van der Waals surface area contributed by atoms with Gasteiger partial charge in [-0.3, -0.25) is 10.1 Å². The molecule has 1 amide bonds. The zero-order chi connectivity index (χ0) is 17.8. The van der Waals surface area contributed by atoms with Crippen molar-refractivity contribution in [2.75, 3.05) is 25.5 Å². The van der Waals surface area contributed by atoms with Gasteiger partial charge in [0.2, 0.25) is 5.95 Å². The molecule has 1 aliphatic heterocycles. The summed E-state index contributed by atoms with van der Waals surface area (Å²) >= 11 is 0. The van der Waals surface area contributed by atoms with Crippen LogP contribution in [-0.4, -0.2) is 46.8 Å². The molecule has 26 heavy (non-hydrogen) atoms. The fourth-order valence-corrected chi connectivity index (χ4v) is 2.85. The molecule has 1 saturated heterocycles. The van der Waals surface area contributed by atoms with E-state index in [9.17, 15) is 9.59 Å². The predicted octanol–water partition coefficient (Wildman–Crippen LogP) is 1.74. The Balaban J connectivity index is 0.00000243. The first-order chi connectivity index (χ1) is 12.1. The number of carbonyl (C=O) groups excluding carboxylic acids is 2. The second-order valence-corrected chi connectivity index (χ2v) is 5.97. The van der Waals surface area contributed by atoms with E-state index in [-0.39, 0.29) is 18.3 Å². The van der Waals surface area contributed by atoms with Crippen LogP contribution in [0.3, 0.4) is 0 Å². The van der Waals surface area contributed by atoms with Gasteiger partial charge in [0, 0.05) is 18.5 Å². The fraction of sp³-hybridized carbons (Fsp3) is 0.412. The lowest BCUT2D eigenvalue weighted by molar-refractivity contribution is 0.0600. The topological polar surface area (TPSA) is 98.1 Å². The Morgan fingerprint density at radius 3 is 2.65 bits per heavy atom. The van der Waals surface area contributed by atoms with Crippen LogP contribution in [-0.2, 0) is 11.8 Å². The fourth-order valence-electron chi connectivity index (χ4n) is 2.85. The lowest BCUT2D eigenvalue weighted by Crippen LogP contribution is -2.27. The molecule has 3 rings (SSSR count). The van der Waals surface area contributed by atoms with Crippen molar-refractivity contribution in [1.82, 2.24) is 20.1 Å². The Morgan fingerprint density at radius 2 is 1.96 bits per heavy atom. The summed E-state index contributed by atoms with van der Waals surface area (Å²) in [5, 5.41) is 10.5. The van der Waals surface area contributed by atoms with Crippen molar-refractivity contribution in [1.29, 1.82) is 0 Å². The molecule has 8 nitrogen and oxygen atoms in total. The first kappa shape index (κ1) is 19.9. The van der Waals surface area contributed by atoms with Crippen LogP contribution >= 0.6 is 12.4 Å². The number of methoxy groups -OCH3 is 1. The number of nitrogens with one attached hydrogen (secondary N) is 2. The second-order valence-electron chi connectivity index (χ2n) is 5.97. The van der Waals surface area contributed by atoms with Crippen LogP contribution in [0.5, 0.6) is 0 Å². The Labute approximate surface area is 157 Å². The minimum Gasteiger partial charge on any atom is -0.465 e. The molecule has 9 heteroatoms. The van der Waals surface area contributed by atoms with Crippen LogP contribution in [0.4, 0.5) is 5.95 Å². The lowest BCUT2D eigenvalue weighted by atomic mass is 9.98. The molecule has 0 radical (unpaired) electrons. The molecule has 0 aliphatic carbocycles. The van der Waals surface area contributed by atoms with E-state index >= 15 is 0 Å². The molecule has 2 heterocycles. The predicted molar refractivity (Wildman–Crippen MR) is 98.8 cm³/mol. The Kier molecular flexibility index (Phi) is 6.70. The number of aryl methyl sites for hydroxylation is 1. The number of benzene rings is 1. The van der Waals surface area contributed by atoms with Gasteiger partial charge in [0.15, 0.2) is 5.82 Å². The van der Waals surface area contributed by atoms with Gasteiger partial charge < -0.3 is 10.1 Å². The van der Waals surface area contributed by atoms with E-state index in [0.717, 1.165) is 31.8 Å². The number of anilines is 1. The number of hydrogen-bond acceptors (Lipinski definition) is 6. The number of carbonyl (C=O) groups is 2. The minimum atomic E-state index is -0.485. The molecule has 0 spiro atoms. The van der Waals surface area contributed by atoms with E-state index < -0.39 is 5.97 Å². The quantitative estimate of drug-likeness (QED) is 0.785. The summed E-state index contributed by atoms with van der Waals surface area (Å²) in [6.07, 6.45) is 1.97. The van der Waals surface area contributed by atoms with Gasteiger partial charge >= 0.3 is 5.97 Å². The van der Waals surface area contributed by atoms with Crippen LogP contribution in [0.25, 0.3) is 0 Å². The van der Waals surface area contributed by atoms with Crippen LogP contribution < -0.4 is 10.6 Å². The van der Waals surface area contributed by atoms with Gasteiger partial charge in [-0.15, -0.1) is 12.4 Å². The SMILES string of the molecule is COC(=O)c1cccc(C(=O)Nc2nc(C3CCNCC3)nn2C)c1.Cl. The van der Waals surface area contributed by atoms with Crippen LogP contribution in [0.1, 0.15) is 45.3 Å². The minimum absolute atomic E-state index is 0. The summed E-state index contributed by atoms with van der Waals surface area (Å²) < 4.78 is 6.25. The van der Waals surface area contributed by atoms with E-state index in [2.05, 4.69) is 25.5 Å². The summed E-state index contributed by atoms with van der Waals surface area (Å²) in [6.45, 7) is 1.90. The molecular weight excluding hydrogens is 358 g/mol. The van der Waals surface area contributed by atoms with Crippen molar-refractivity contribution in [2.45, 2.75) is 18.8 Å². The third kappa shape index (κ3) is 4.39. The third-order valence-corrected chi connectivity index (χ3v) is 4.25. The summed E-state index contributed by atoms with van der Waals surface area (Å²) in [6, 6.07) is 6.36. The van der Waals surface area contributed by atoms with Gasteiger partial charge in [-0.2, -0.15) is 10.1 Å². The highest BCUT2D eigenvalue weighted by Gasteiger charge is 2.21. The molecule has 1 aromatic carbocycles. The van der Waals surface area contributed by atoms with Crippen molar-refractivity contribution in [3.05, 3.63) is 41.2 Å². The van der Waals surface area contributed by atoms with E-state index in [1.54, 1.807) is 29.9 Å². The van der Waals surface area contributed by atoms with E-state index in [1.807, 2.05) is 0 Å². The van der Waals surface area contributed by atoms with E-state index in [1.165, 1.54) is 13.2 Å². The average molecular weight is 380 g/mol. The third-order valence-electron chi connectivity index (χ3n) is 4.25. The molecule has 0 saturated carbocycles. The van der Waals surface area contributed by atoms with Gasteiger partial charge in [0.1, 0.15) is 0 Å². The number of amides is 1. The molecule has 0 atom stereocenters. The average Bonchev–Trinajstić information content (AvgIpc) is 3.02. The van der Waals surface area contributed by atoms with Gasteiger partial charge in [0.05, 0.1) is 12.7 Å². The number of esters is 1. The highest BCUT2D eigenvalue weighted by atomic mass is 35.5. The molecule has 2 aromatic rings. The number of aromatic nitrogens is 3. The maximum Gasteiger partial charge on any atom is 0.337 e. The van der Waals surface area contributed by atoms with Crippen molar-refractivity contribution in [3.63, 3.8) is 0 Å². The Bertz CT molecular complexity index is 786. The van der Waals surface area contributed by atoms with E-state index in [4.69, 9.17) is 0 Å².